The molecule has 2 fully saturated rings. The number of benzene rings is 1. The smallest absolute Gasteiger partial charge is 0.193 e. The Bertz CT molecular complexity index is 849. The van der Waals surface area contributed by atoms with Crippen LogP contribution in [0.25, 0.3) is 0 Å². The zero-order chi connectivity index (χ0) is 21.5. The lowest BCUT2D eigenvalue weighted by Crippen LogP contribution is -2.40. The first kappa shape index (κ1) is 25.3. The minimum atomic E-state index is 0. The highest BCUT2D eigenvalue weighted by atomic mass is 127. The summed E-state index contributed by atoms with van der Waals surface area (Å²) in [4.78, 5) is 6.97. The highest BCUT2D eigenvalue weighted by molar-refractivity contribution is 14.0. The second-order valence-corrected chi connectivity index (χ2v) is 9.55. The average Bonchev–Trinajstić information content (AvgIpc) is 3.55. The maximum Gasteiger partial charge on any atom is 0.193 e. The molecule has 1 aliphatic heterocycles. The standard InChI is InChI=1S/C24H36N6S.HI/c1-25-23(29-16-14-20(18-29)17-19-9-4-3-5-10-19)26-15-8-13-22-27-28-24(31-2)30(22)21-11-6-7-12-21;/h3-5,9-10,20-21H,6-8,11-18H2,1-2H3,(H,25,26);1H. The minimum Gasteiger partial charge on any atom is -0.356 e. The quantitative estimate of drug-likeness (QED) is 0.163. The molecule has 32 heavy (non-hydrogen) atoms. The maximum atomic E-state index is 4.55. The topological polar surface area (TPSA) is 58.3 Å². The molecule has 2 aromatic rings. The predicted molar refractivity (Wildman–Crippen MR) is 144 cm³/mol. The van der Waals surface area contributed by atoms with Gasteiger partial charge in [-0.25, -0.2) is 0 Å². The minimum absolute atomic E-state index is 0. The average molecular weight is 569 g/mol. The summed E-state index contributed by atoms with van der Waals surface area (Å²) in [6.07, 6.45) is 11.7. The van der Waals surface area contributed by atoms with Crippen LogP contribution in [0.5, 0.6) is 0 Å². The van der Waals surface area contributed by atoms with Crippen molar-refractivity contribution in [3.8, 4) is 0 Å². The third kappa shape index (κ3) is 6.40. The van der Waals surface area contributed by atoms with Gasteiger partial charge in [0.05, 0.1) is 0 Å². The van der Waals surface area contributed by atoms with E-state index in [0.29, 0.717) is 12.0 Å². The van der Waals surface area contributed by atoms with Crippen LogP contribution < -0.4 is 5.32 Å². The van der Waals surface area contributed by atoms with Crippen LogP contribution in [0, 0.1) is 5.92 Å². The molecule has 1 N–H and O–H groups in total. The molecule has 0 radical (unpaired) electrons. The van der Waals surface area contributed by atoms with Gasteiger partial charge in [-0.15, -0.1) is 34.2 Å². The number of likely N-dealkylation sites (tertiary alicyclic amines) is 1. The first-order chi connectivity index (χ1) is 15.3. The zero-order valence-electron chi connectivity index (χ0n) is 19.4. The normalized spacial score (nSPS) is 19.4. The molecule has 0 amide bonds. The van der Waals surface area contributed by atoms with Gasteiger partial charge in [-0.2, -0.15) is 0 Å². The van der Waals surface area contributed by atoms with E-state index >= 15 is 0 Å². The van der Waals surface area contributed by atoms with Crippen LogP contribution in [-0.4, -0.2) is 58.6 Å². The molecular weight excluding hydrogens is 531 g/mol. The summed E-state index contributed by atoms with van der Waals surface area (Å²) in [5.74, 6) is 2.89. The zero-order valence-corrected chi connectivity index (χ0v) is 22.5. The fraction of sp³-hybridized carbons (Fsp3) is 0.625. The Morgan fingerprint density at radius 2 is 1.94 bits per heavy atom. The monoisotopic (exact) mass is 568 g/mol. The van der Waals surface area contributed by atoms with Crippen molar-refractivity contribution >= 4 is 41.7 Å². The molecule has 2 heterocycles. The predicted octanol–water partition coefficient (Wildman–Crippen LogP) is 4.81. The number of aliphatic imine (C=N–C) groups is 1. The summed E-state index contributed by atoms with van der Waals surface area (Å²) >= 11 is 1.72. The Hall–Kier alpha value is -1.29. The van der Waals surface area contributed by atoms with E-state index in [4.69, 9.17) is 0 Å². The second kappa shape index (κ2) is 12.8. The van der Waals surface area contributed by atoms with Crippen LogP contribution in [0.3, 0.4) is 0 Å². The van der Waals surface area contributed by atoms with Gasteiger partial charge in [0.15, 0.2) is 11.1 Å². The van der Waals surface area contributed by atoms with Crippen molar-refractivity contribution in [3.05, 3.63) is 41.7 Å². The first-order valence-electron chi connectivity index (χ1n) is 11.8. The lowest BCUT2D eigenvalue weighted by molar-refractivity contribution is 0.453. The van der Waals surface area contributed by atoms with E-state index in [-0.39, 0.29) is 24.0 Å². The first-order valence-corrected chi connectivity index (χ1v) is 13.0. The SMILES string of the molecule is CN=C(NCCCc1nnc(SC)n1C1CCCC1)N1CCC(Cc2ccccc2)C1.I. The van der Waals surface area contributed by atoms with Crippen LogP contribution in [0.4, 0.5) is 0 Å². The molecule has 1 saturated carbocycles. The number of hydrogen-bond donors (Lipinski definition) is 1. The van der Waals surface area contributed by atoms with Crippen LogP contribution in [0.2, 0.25) is 0 Å². The molecule has 1 aromatic heterocycles. The van der Waals surface area contributed by atoms with Gasteiger partial charge in [0.25, 0.3) is 0 Å². The number of nitrogens with zero attached hydrogens (tertiary/aromatic N) is 5. The number of aryl methyl sites for hydroxylation is 1. The van der Waals surface area contributed by atoms with Crippen molar-refractivity contribution in [1.82, 2.24) is 25.0 Å². The van der Waals surface area contributed by atoms with Gasteiger partial charge in [-0.1, -0.05) is 54.9 Å². The van der Waals surface area contributed by atoms with E-state index in [9.17, 15) is 0 Å². The van der Waals surface area contributed by atoms with Gasteiger partial charge in [0, 0.05) is 39.1 Å². The summed E-state index contributed by atoms with van der Waals surface area (Å²) in [6, 6.07) is 11.4. The fourth-order valence-electron chi connectivity index (χ4n) is 5.06. The van der Waals surface area contributed by atoms with E-state index in [0.717, 1.165) is 55.8 Å². The lowest BCUT2D eigenvalue weighted by atomic mass is 9.99. The Morgan fingerprint density at radius 3 is 2.66 bits per heavy atom. The summed E-state index contributed by atoms with van der Waals surface area (Å²) < 4.78 is 2.42. The highest BCUT2D eigenvalue weighted by Crippen LogP contribution is 2.33. The largest absolute Gasteiger partial charge is 0.356 e. The molecule has 176 valence electrons. The maximum absolute atomic E-state index is 4.55. The number of aromatic nitrogens is 3. The van der Waals surface area contributed by atoms with E-state index < -0.39 is 0 Å². The molecule has 1 saturated heterocycles. The summed E-state index contributed by atoms with van der Waals surface area (Å²) in [5.41, 5.74) is 1.44. The molecular formula is C24H37IN6S. The van der Waals surface area contributed by atoms with E-state index in [1.807, 2.05) is 7.05 Å². The number of thioether (sulfide) groups is 1. The van der Waals surface area contributed by atoms with Gasteiger partial charge >= 0.3 is 0 Å². The van der Waals surface area contributed by atoms with Gasteiger partial charge < -0.3 is 14.8 Å². The van der Waals surface area contributed by atoms with Crippen LogP contribution in [0.1, 0.15) is 56.0 Å². The summed E-state index contributed by atoms with van der Waals surface area (Å²) in [5, 5.41) is 13.6. The molecule has 2 aliphatic rings. The fourth-order valence-corrected chi connectivity index (χ4v) is 5.64. The number of nitrogens with one attached hydrogen (secondary N) is 1. The van der Waals surface area contributed by atoms with Gasteiger partial charge in [0.2, 0.25) is 0 Å². The number of hydrogen-bond acceptors (Lipinski definition) is 4. The Labute approximate surface area is 214 Å². The van der Waals surface area contributed by atoms with Crippen molar-refractivity contribution in [3.63, 3.8) is 0 Å². The third-order valence-electron chi connectivity index (χ3n) is 6.63. The summed E-state index contributed by atoms with van der Waals surface area (Å²) in [7, 11) is 1.90. The number of halogens is 1. The summed E-state index contributed by atoms with van der Waals surface area (Å²) in [6.45, 7) is 3.09. The van der Waals surface area contributed by atoms with E-state index in [2.05, 4.69) is 66.6 Å². The molecule has 6 nitrogen and oxygen atoms in total. The Kier molecular flexibility index (Phi) is 10.1. The van der Waals surface area contributed by atoms with E-state index in [1.54, 1.807) is 11.8 Å². The van der Waals surface area contributed by atoms with Gasteiger partial charge in [-0.3, -0.25) is 4.99 Å². The van der Waals surface area contributed by atoms with Gasteiger partial charge in [-0.05, 0) is 49.8 Å². The molecule has 1 unspecified atom stereocenters. The van der Waals surface area contributed by atoms with Crippen LogP contribution >= 0.6 is 35.7 Å². The lowest BCUT2D eigenvalue weighted by Gasteiger charge is -2.22. The van der Waals surface area contributed by atoms with Crippen molar-refractivity contribution in [1.29, 1.82) is 0 Å². The van der Waals surface area contributed by atoms with E-state index in [1.165, 1.54) is 37.7 Å². The molecule has 8 heteroatoms. The molecule has 1 atom stereocenters. The highest BCUT2D eigenvalue weighted by Gasteiger charge is 2.25. The molecule has 1 aromatic carbocycles. The van der Waals surface area contributed by atoms with Gasteiger partial charge in [0.1, 0.15) is 5.82 Å². The van der Waals surface area contributed by atoms with Crippen molar-refractivity contribution in [2.75, 3.05) is 32.9 Å². The number of guanidine groups is 1. The second-order valence-electron chi connectivity index (χ2n) is 8.78. The van der Waals surface area contributed by atoms with Crippen LogP contribution in [-0.2, 0) is 12.8 Å². The molecule has 0 bridgehead atoms. The molecule has 1 aliphatic carbocycles. The molecule has 4 rings (SSSR count). The van der Waals surface area contributed by atoms with Crippen molar-refractivity contribution in [2.24, 2.45) is 10.9 Å². The Morgan fingerprint density at radius 1 is 1.16 bits per heavy atom. The Balaban J connectivity index is 0.00000289. The molecule has 0 spiro atoms. The van der Waals surface area contributed by atoms with Crippen molar-refractivity contribution < 1.29 is 0 Å². The van der Waals surface area contributed by atoms with Crippen molar-refractivity contribution in [2.45, 2.75) is 62.6 Å². The number of rotatable bonds is 8. The van der Waals surface area contributed by atoms with Crippen LogP contribution in [0.15, 0.2) is 40.5 Å². The third-order valence-corrected chi connectivity index (χ3v) is 7.28.